The van der Waals surface area contributed by atoms with Crippen LogP contribution in [0.5, 0.6) is 5.75 Å². The Hall–Kier alpha value is -1.59. The van der Waals surface area contributed by atoms with Gasteiger partial charge in [-0.1, -0.05) is 23.8 Å². The van der Waals surface area contributed by atoms with E-state index in [1.807, 2.05) is 17.8 Å². The summed E-state index contributed by atoms with van der Waals surface area (Å²) in [6.07, 6.45) is 2.51. The lowest BCUT2D eigenvalue weighted by Gasteiger charge is -2.11. The predicted octanol–water partition coefficient (Wildman–Crippen LogP) is 2.33. The van der Waals surface area contributed by atoms with Gasteiger partial charge in [0.05, 0.1) is 12.2 Å². The standard InChI is InChI=1S/C13H14ClN3OS/c1-17-10(4-6-16-17)5-7-18-12-8-9(14)2-3-11(12)13(15)19/h2-4,6,8H,5,7H2,1H3,(H2,15,19). The third kappa shape index (κ3) is 3.45. The molecule has 2 aromatic rings. The number of benzene rings is 1. The number of thiocarbonyl (C=S) groups is 1. The number of ether oxygens (including phenoxy) is 1. The molecule has 0 fully saturated rings. The van der Waals surface area contributed by atoms with E-state index >= 15 is 0 Å². The monoisotopic (exact) mass is 295 g/mol. The lowest BCUT2D eigenvalue weighted by Crippen LogP contribution is -2.13. The van der Waals surface area contributed by atoms with E-state index in [9.17, 15) is 0 Å². The summed E-state index contributed by atoms with van der Waals surface area (Å²) >= 11 is 10.9. The number of nitrogens with two attached hydrogens (primary N) is 1. The van der Waals surface area contributed by atoms with Crippen LogP contribution in [0.2, 0.25) is 5.02 Å². The lowest BCUT2D eigenvalue weighted by molar-refractivity contribution is 0.318. The summed E-state index contributed by atoms with van der Waals surface area (Å²) in [4.78, 5) is 0.298. The van der Waals surface area contributed by atoms with Crippen molar-refractivity contribution in [2.45, 2.75) is 6.42 Å². The number of nitrogens with zero attached hydrogens (tertiary/aromatic N) is 2. The molecule has 1 aromatic heterocycles. The zero-order valence-corrected chi connectivity index (χ0v) is 12.0. The Morgan fingerprint density at radius 3 is 2.89 bits per heavy atom. The second kappa shape index (κ2) is 6.04. The quantitative estimate of drug-likeness (QED) is 0.860. The molecule has 19 heavy (non-hydrogen) atoms. The SMILES string of the molecule is Cn1nccc1CCOc1cc(Cl)ccc1C(N)=S. The van der Waals surface area contributed by atoms with Crippen molar-refractivity contribution < 1.29 is 4.74 Å². The van der Waals surface area contributed by atoms with Gasteiger partial charge < -0.3 is 10.5 Å². The second-order valence-corrected chi connectivity index (χ2v) is 4.93. The topological polar surface area (TPSA) is 53.1 Å². The van der Waals surface area contributed by atoms with Gasteiger partial charge in [0.2, 0.25) is 0 Å². The Kier molecular flexibility index (Phi) is 4.39. The first-order valence-corrected chi connectivity index (χ1v) is 6.55. The van der Waals surface area contributed by atoms with Crippen molar-refractivity contribution in [3.63, 3.8) is 0 Å². The Morgan fingerprint density at radius 2 is 2.26 bits per heavy atom. The van der Waals surface area contributed by atoms with Crippen LogP contribution in [0.15, 0.2) is 30.5 Å². The zero-order chi connectivity index (χ0) is 13.8. The van der Waals surface area contributed by atoms with Crippen LogP contribution in [0.25, 0.3) is 0 Å². The molecule has 0 aliphatic carbocycles. The Morgan fingerprint density at radius 1 is 1.47 bits per heavy atom. The average molecular weight is 296 g/mol. The molecule has 0 bridgehead atoms. The van der Waals surface area contributed by atoms with Gasteiger partial charge in [-0.25, -0.2) is 0 Å². The van der Waals surface area contributed by atoms with Gasteiger partial charge in [-0.2, -0.15) is 5.10 Å². The largest absolute Gasteiger partial charge is 0.492 e. The molecule has 0 unspecified atom stereocenters. The molecule has 2 rings (SSSR count). The van der Waals surface area contributed by atoms with E-state index in [4.69, 9.17) is 34.3 Å². The predicted molar refractivity (Wildman–Crippen MR) is 79.7 cm³/mol. The van der Waals surface area contributed by atoms with Crippen LogP contribution in [-0.2, 0) is 13.5 Å². The normalized spacial score (nSPS) is 10.4. The smallest absolute Gasteiger partial charge is 0.130 e. The van der Waals surface area contributed by atoms with Gasteiger partial charge in [0.1, 0.15) is 10.7 Å². The number of hydrogen-bond acceptors (Lipinski definition) is 3. The van der Waals surface area contributed by atoms with E-state index < -0.39 is 0 Å². The fourth-order valence-electron chi connectivity index (χ4n) is 1.73. The molecule has 0 aliphatic heterocycles. The molecule has 6 heteroatoms. The van der Waals surface area contributed by atoms with Crippen LogP contribution in [0.1, 0.15) is 11.3 Å². The summed E-state index contributed by atoms with van der Waals surface area (Å²) in [6, 6.07) is 7.18. The minimum atomic E-state index is 0.298. The molecule has 100 valence electrons. The number of aryl methyl sites for hydroxylation is 1. The third-order valence-electron chi connectivity index (χ3n) is 2.75. The van der Waals surface area contributed by atoms with Crippen molar-refractivity contribution in [3.8, 4) is 5.75 Å². The Balaban J connectivity index is 2.05. The first kappa shape index (κ1) is 13.8. The summed E-state index contributed by atoms with van der Waals surface area (Å²) in [5, 5.41) is 4.69. The van der Waals surface area contributed by atoms with Crippen LogP contribution in [-0.4, -0.2) is 21.4 Å². The van der Waals surface area contributed by atoms with Crippen molar-refractivity contribution in [1.29, 1.82) is 0 Å². The highest BCUT2D eigenvalue weighted by molar-refractivity contribution is 7.80. The fraction of sp³-hybridized carbons (Fsp3) is 0.231. The highest BCUT2D eigenvalue weighted by Gasteiger charge is 2.08. The van der Waals surface area contributed by atoms with E-state index in [1.165, 1.54) is 0 Å². The number of hydrogen-bond donors (Lipinski definition) is 1. The van der Waals surface area contributed by atoms with Gasteiger partial charge >= 0.3 is 0 Å². The molecule has 0 saturated carbocycles. The van der Waals surface area contributed by atoms with Crippen molar-refractivity contribution >= 4 is 28.8 Å². The lowest BCUT2D eigenvalue weighted by atomic mass is 10.2. The Labute approximate surface area is 122 Å². The maximum absolute atomic E-state index is 5.95. The summed E-state index contributed by atoms with van der Waals surface area (Å²) in [5.74, 6) is 0.613. The van der Waals surface area contributed by atoms with Crippen molar-refractivity contribution in [3.05, 3.63) is 46.7 Å². The van der Waals surface area contributed by atoms with Crippen molar-refractivity contribution in [1.82, 2.24) is 9.78 Å². The van der Waals surface area contributed by atoms with Gasteiger partial charge in [0.25, 0.3) is 0 Å². The van der Waals surface area contributed by atoms with Gasteiger partial charge in [-0.3, -0.25) is 4.68 Å². The minimum Gasteiger partial charge on any atom is -0.492 e. The first-order chi connectivity index (χ1) is 9.08. The number of aromatic nitrogens is 2. The van der Waals surface area contributed by atoms with Gasteiger partial charge in [-0.15, -0.1) is 0 Å². The average Bonchev–Trinajstić information content (AvgIpc) is 2.75. The van der Waals surface area contributed by atoms with Crippen molar-refractivity contribution in [2.24, 2.45) is 12.8 Å². The molecule has 1 heterocycles. The minimum absolute atomic E-state index is 0.298. The van der Waals surface area contributed by atoms with E-state index in [0.29, 0.717) is 27.9 Å². The molecule has 0 spiro atoms. The highest BCUT2D eigenvalue weighted by atomic mass is 35.5. The zero-order valence-electron chi connectivity index (χ0n) is 10.5. The van der Waals surface area contributed by atoms with Gasteiger partial charge in [0, 0.05) is 30.4 Å². The number of halogens is 1. The molecule has 0 radical (unpaired) electrons. The summed E-state index contributed by atoms with van der Waals surface area (Å²) in [6.45, 7) is 0.509. The molecular weight excluding hydrogens is 282 g/mol. The van der Waals surface area contributed by atoms with Crippen LogP contribution < -0.4 is 10.5 Å². The maximum atomic E-state index is 5.95. The van der Waals surface area contributed by atoms with Crippen LogP contribution in [0.3, 0.4) is 0 Å². The van der Waals surface area contributed by atoms with Crippen LogP contribution >= 0.6 is 23.8 Å². The van der Waals surface area contributed by atoms with E-state index in [-0.39, 0.29) is 0 Å². The van der Waals surface area contributed by atoms with E-state index in [2.05, 4.69) is 5.10 Å². The highest BCUT2D eigenvalue weighted by Crippen LogP contribution is 2.23. The van der Waals surface area contributed by atoms with E-state index in [1.54, 1.807) is 24.4 Å². The molecule has 2 N–H and O–H groups in total. The van der Waals surface area contributed by atoms with Gasteiger partial charge in [0.15, 0.2) is 0 Å². The van der Waals surface area contributed by atoms with Crippen LogP contribution in [0.4, 0.5) is 0 Å². The molecule has 0 amide bonds. The van der Waals surface area contributed by atoms with Crippen molar-refractivity contribution in [2.75, 3.05) is 6.61 Å². The molecule has 1 aromatic carbocycles. The van der Waals surface area contributed by atoms with E-state index in [0.717, 1.165) is 12.1 Å². The fourth-order valence-corrected chi connectivity index (χ4v) is 2.06. The maximum Gasteiger partial charge on any atom is 0.130 e. The first-order valence-electron chi connectivity index (χ1n) is 5.77. The van der Waals surface area contributed by atoms with Gasteiger partial charge in [-0.05, 0) is 24.3 Å². The molecular formula is C13H14ClN3OS. The van der Waals surface area contributed by atoms with Crippen LogP contribution in [0, 0.1) is 0 Å². The molecule has 0 aliphatic rings. The Bertz CT molecular complexity index is 597. The number of rotatable bonds is 5. The summed E-state index contributed by atoms with van der Waals surface area (Å²) < 4.78 is 7.53. The third-order valence-corrected chi connectivity index (χ3v) is 3.20. The molecule has 0 atom stereocenters. The second-order valence-electron chi connectivity index (χ2n) is 4.05. The summed E-state index contributed by atoms with van der Waals surface area (Å²) in [7, 11) is 1.90. The molecule has 0 saturated heterocycles. The molecule has 4 nitrogen and oxygen atoms in total. The summed E-state index contributed by atoms with van der Waals surface area (Å²) in [5.41, 5.74) is 7.44.